The van der Waals surface area contributed by atoms with Gasteiger partial charge in [0.15, 0.2) is 5.82 Å². The number of nitrogens with two attached hydrogens (primary N) is 1. The summed E-state index contributed by atoms with van der Waals surface area (Å²) in [5.74, 6) is 1.29. The molecule has 0 atom stereocenters. The Morgan fingerprint density at radius 3 is 2.39 bits per heavy atom. The normalized spacial score (nSPS) is 11.2. The molecule has 0 aliphatic heterocycles. The van der Waals surface area contributed by atoms with Gasteiger partial charge in [0, 0.05) is 29.9 Å². The third-order valence-corrected chi connectivity index (χ3v) is 4.55. The fourth-order valence-corrected chi connectivity index (χ4v) is 2.92. The topological polar surface area (TPSA) is 87.4 Å². The second-order valence-electron chi connectivity index (χ2n) is 7.53. The Balaban J connectivity index is 2.10. The molecule has 2 rings (SSSR count). The monoisotopic (exact) mass is 384 g/mol. The molecule has 0 aliphatic rings. The van der Waals surface area contributed by atoms with Crippen LogP contribution in [0.5, 0.6) is 0 Å². The molecule has 1 aromatic heterocycles. The van der Waals surface area contributed by atoms with Gasteiger partial charge in [0.05, 0.1) is 6.54 Å². The Morgan fingerprint density at radius 1 is 1.11 bits per heavy atom. The molecule has 0 bridgehead atoms. The van der Waals surface area contributed by atoms with E-state index in [0.29, 0.717) is 6.54 Å². The van der Waals surface area contributed by atoms with Gasteiger partial charge >= 0.3 is 0 Å². The predicted molar refractivity (Wildman–Crippen MR) is 114 cm³/mol. The smallest absolute Gasteiger partial charge is 0.231 e. The molecule has 7 nitrogen and oxygen atoms in total. The number of hydrogen-bond donors (Lipinski definition) is 2. The Bertz CT molecular complexity index is 788. The maximum atomic E-state index is 11.0. The lowest BCUT2D eigenvalue weighted by Gasteiger charge is -2.15. The number of amides is 1. The van der Waals surface area contributed by atoms with Crippen molar-refractivity contribution in [3.05, 3.63) is 41.1 Å². The fraction of sp³-hybridized carbons (Fsp3) is 0.476. The molecule has 3 N–H and O–H groups in total. The highest BCUT2D eigenvalue weighted by molar-refractivity contribution is 5.75. The van der Waals surface area contributed by atoms with E-state index in [9.17, 15) is 4.79 Å². The highest BCUT2D eigenvalue weighted by atomic mass is 16.1. The molecular formula is C21H32N6O. The second-order valence-corrected chi connectivity index (χ2v) is 7.53. The summed E-state index contributed by atoms with van der Waals surface area (Å²) < 4.78 is 0. The summed E-state index contributed by atoms with van der Waals surface area (Å²) >= 11 is 0. The van der Waals surface area contributed by atoms with Gasteiger partial charge in [-0.1, -0.05) is 24.3 Å². The van der Waals surface area contributed by atoms with E-state index >= 15 is 0 Å². The van der Waals surface area contributed by atoms with E-state index in [-0.39, 0.29) is 12.5 Å². The number of anilines is 1. The van der Waals surface area contributed by atoms with Gasteiger partial charge in [0.25, 0.3) is 0 Å². The van der Waals surface area contributed by atoms with Crippen LogP contribution in [-0.4, -0.2) is 66.5 Å². The molecule has 2 aromatic rings. The van der Waals surface area contributed by atoms with Crippen LogP contribution in [0.2, 0.25) is 0 Å². The minimum atomic E-state index is -0.326. The van der Waals surface area contributed by atoms with Crippen LogP contribution in [0.25, 0.3) is 11.4 Å². The highest BCUT2D eigenvalue weighted by Crippen LogP contribution is 2.22. The van der Waals surface area contributed by atoms with Gasteiger partial charge in [-0.25, -0.2) is 9.97 Å². The molecule has 0 saturated heterocycles. The van der Waals surface area contributed by atoms with Crippen LogP contribution >= 0.6 is 0 Å². The number of nitrogens with one attached hydrogen (secondary N) is 1. The Kier molecular flexibility index (Phi) is 7.90. The van der Waals surface area contributed by atoms with Crippen LogP contribution in [0.15, 0.2) is 24.3 Å². The largest absolute Gasteiger partial charge is 0.370 e. The van der Waals surface area contributed by atoms with Crippen LogP contribution in [0.3, 0.4) is 0 Å². The first kappa shape index (κ1) is 21.8. The first-order valence-corrected chi connectivity index (χ1v) is 9.56. The number of rotatable bonds is 10. The Hall–Kier alpha value is -2.51. The molecule has 28 heavy (non-hydrogen) atoms. The zero-order valence-electron chi connectivity index (χ0n) is 17.6. The highest BCUT2D eigenvalue weighted by Gasteiger charge is 2.10. The predicted octanol–water partition coefficient (Wildman–Crippen LogP) is 2.04. The summed E-state index contributed by atoms with van der Waals surface area (Å²) in [6, 6.07) is 8.12. The molecule has 0 fully saturated rings. The molecule has 0 saturated carbocycles. The molecule has 1 aromatic carbocycles. The van der Waals surface area contributed by atoms with E-state index in [1.54, 1.807) is 0 Å². The third kappa shape index (κ3) is 6.58. The van der Waals surface area contributed by atoms with Gasteiger partial charge in [-0.05, 0) is 53.5 Å². The number of primary amides is 1. The number of aromatic nitrogens is 2. The first-order valence-electron chi connectivity index (χ1n) is 9.56. The first-order chi connectivity index (χ1) is 13.3. The summed E-state index contributed by atoms with van der Waals surface area (Å²) in [4.78, 5) is 24.5. The molecule has 0 unspecified atom stereocenters. The lowest BCUT2D eigenvalue weighted by molar-refractivity contribution is -0.118. The van der Waals surface area contributed by atoms with Crippen molar-refractivity contribution in [1.29, 1.82) is 0 Å². The number of carbonyl (C=O) groups excluding carboxylic acids is 1. The van der Waals surface area contributed by atoms with Crippen LogP contribution in [0, 0.1) is 13.8 Å². The third-order valence-electron chi connectivity index (χ3n) is 4.55. The van der Waals surface area contributed by atoms with Crippen LogP contribution in [0.1, 0.15) is 23.2 Å². The summed E-state index contributed by atoms with van der Waals surface area (Å²) in [5, 5.41) is 3.45. The minimum Gasteiger partial charge on any atom is -0.370 e. The van der Waals surface area contributed by atoms with Crippen molar-refractivity contribution >= 4 is 11.7 Å². The minimum absolute atomic E-state index is 0.241. The van der Waals surface area contributed by atoms with E-state index in [1.165, 1.54) is 0 Å². The number of nitrogens with zero attached hydrogens (tertiary/aromatic N) is 4. The van der Waals surface area contributed by atoms with Gasteiger partial charge in [0.2, 0.25) is 5.91 Å². The second kappa shape index (κ2) is 10.1. The van der Waals surface area contributed by atoms with Gasteiger partial charge < -0.3 is 16.0 Å². The molecule has 7 heteroatoms. The number of carbonyl (C=O) groups is 1. The molecule has 0 spiro atoms. The average molecular weight is 385 g/mol. The van der Waals surface area contributed by atoms with Crippen molar-refractivity contribution in [2.45, 2.75) is 26.8 Å². The van der Waals surface area contributed by atoms with Crippen molar-refractivity contribution in [2.24, 2.45) is 5.73 Å². The van der Waals surface area contributed by atoms with Crippen molar-refractivity contribution in [3.8, 4) is 11.4 Å². The number of benzene rings is 1. The molecule has 1 amide bonds. The fourth-order valence-electron chi connectivity index (χ4n) is 2.92. The van der Waals surface area contributed by atoms with Crippen LogP contribution < -0.4 is 11.1 Å². The van der Waals surface area contributed by atoms with E-state index in [1.807, 2.05) is 50.1 Å². The lowest BCUT2D eigenvalue weighted by Crippen LogP contribution is -2.30. The maximum absolute atomic E-state index is 11.0. The van der Waals surface area contributed by atoms with Crippen molar-refractivity contribution < 1.29 is 4.79 Å². The summed E-state index contributed by atoms with van der Waals surface area (Å²) in [6.07, 6.45) is 1.05. The molecule has 0 aliphatic carbocycles. The average Bonchev–Trinajstić information content (AvgIpc) is 2.61. The van der Waals surface area contributed by atoms with Crippen molar-refractivity contribution in [3.63, 3.8) is 0 Å². The van der Waals surface area contributed by atoms with Crippen molar-refractivity contribution in [1.82, 2.24) is 19.8 Å². The molecule has 152 valence electrons. The quantitative estimate of drug-likeness (QED) is 0.610. The number of hydrogen-bond acceptors (Lipinski definition) is 6. The van der Waals surface area contributed by atoms with E-state index in [2.05, 4.69) is 29.3 Å². The van der Waals surface area contributed by atoms with E-state index < -0.39 is 0 Å². The molecular weight excluding hydrogens is 352 g/mol. The molecule has 1 heterocycles. The summed E-state index contributed by atoms with van der Waals surface area (Å²) in [7, 11) is 6.03. The Morgan fingerprint density at radius 2 is 1.79 bits per heavy atom. The van der Waals surface area contributed by atoms with Gasteiger partial charge in [-0.15, -0.1) is 0 Å². The maximum Gasteiger partial charge on any atom is 0.231 e. The lowest BCUT2D eigenvalue weighted by atomic mass is 10.1. The summed E-state index contributed by atoms with van der Waals surface area (Å²) in [5.41, 5.74) is 9.38. The Labute approximate surface area is 168 Å². The van der Waals surface area contributed by atoms with E-state index in [4.69, 9.17) is 10.7 Å². The SMILES string of the molecule is Cc1nc(-c2ccc(CN(C)CC(N)=O)cc2)nc(NCCCN(C)C)c1C. The van der Waals surface area contributed by atoms with Gasteiger partial charge in [-0.3, -0.25) is 9.69 Å². The summed E-state index contributed by atoms with van der Waals surface area (Å²) in [6.45, 7) is 6.87. The molecule has 0 radical (unpaired) electrons. The number of aryl methyl sites for hydroxylation is 1. The van der Waals surface area contributed by atoms with Crippen LogP contribution in [-0.2, 0) is 11.3 Å². The van der Waals surface area contributed by atoms with E-state index in [0.717, 1.165) is 53.5 Å². The zero-order valence-corrected chi connectivity index (χ0v) is 17.6. The van der Waals surface area contributed by atoms with Crippen molar-refractivity contribution in [2.75, 3.05) is 46.1 Å². The van der Waals surface area contributed by atoms with Crippen LogP contribution in [0.4, 0.5) is 5.82 Å². The van der Waals surface area contributed by atoms with Gasteiger partial charge in [0.1, 0.15) is 5.82 Å². The zero-order chi connectivity index (χ0) is 20.7. The standard InChI is InChI=1S/C21H32N6O/c1-15-16(2)24-21(25-20(15)23-11-6-12-26(3)4)18-9-7-17(8-10-18)13-27(5)14-19(22)28/h7-10H,6,11-14H2,1-5H3,(H2,22,28)(H,23,24,25). The number of likely N-dealkylation sites (N-methyl/N-ethyl adjacent to an activating group) is 1. The van der Waals surface area contributed by atoms with Gasteiger partial charge in [-0.2, -0.15) is 0 Å².